The number of unbranched alkanes of at least 4 members (excludes halogenated alkanes) is 4. The fourth-order valence-electron chi connectivity index (χ4n) is 1.92. The van der Waals surface area contributed by atoms with Crippen LogP contribution in [0.5, 0.6) is 0 Å². The minimum Gasteiger partial charge on any atom is -0.393 e. The quantitative estimate of drug-likeness (QED) is 0.567. The second kappa shape index (κ2) is 10.4. The summed E-state index contributed by atoms with van der Waals surface area (Å²) in [5.41, 5.74) is 0. The van der Waals surface area contributed by atoms with E-state index >= 15 is 0 Å². The molecule has 2 heteroatoms. The zero-order valence-corrected chi connectivity index (χ0v) is 10.7. The molecule has 0 aromatic carbocycles. The molecule has 0 aromatic heterocycles. The average molecular weight is 216 g/mol. The van der Waals surface area contributed by atoms with E-state index in [4.69, 9.17) is 4.74 Å². The summed E-state index contributed by atoms with van der Waals surface area (Å²) in [5, 5.41) is 9.75. The predicted molar refractivity (Wildman–Crippen MR) is 65.0 cm³/mol. The van der Waals surface area contributed by atoms with Gasteiger partial charge in [0.05, 0.1) is 6.10 Å². The third-order valence-corrected chi connectivity index (χ3v) is 2.77. The van der Waals surface area contributed by atoms with Crippen LogP contribution < -0.4 is 0 Å². The Morgan fingerprint density at radius 3 is 2.40 bits per heavy atom. The molecular formula is C13H28O2. The third kappa shape index (κ3) is 10.2. The van der Waals surface area contributed by atoms with Crippen molar-refractivity contribution in [3.63, 3.8) is 0 Å². The van der Waals surface area contributed by atoms with Gasteiger partial charge in [0.25, 0.3) is 0 Å². The van der Waals surface area contributed by atoms with Crippen LogP contribution in [0.15, 0.2) is 0 Å². The van der Waals surface area contributed by atoms with Crippen LogP contribution in [0.4, 0.5) is 0 Å². The van der Waals surface area contributed by atoms with E-state index < -0.39 is 0 Å². The molecule has 0 aromatic rings. The number of methoxy groups -OCH3 is 1. The number of rotatable bonds is 10. The van der Waals surface area contributed by atoms with E-state index in [0.717, 1.165) is 19.4 Å². The van der Waals surface area contributed by atoms with Crippen LogP contribution in [0.2, 0.25) is 0 Å². The molecule has 0 radical (unpaired) electrons. The van der Waals surface area contributed by atoms with Gasteiger partial charge >= 0.3 is 0 Å². The molecule has 0 aliphatic rings. The SMILES string of the molecule is CCCCCCCC(O)CC(C)COC. The zero-order chi connectivity index (χ0) is 11.5. The largest absolute Gasteiger partial charge is 0.393 e. The molecule has 15 heavy (non-hydrogen) atoms. The zero-order valence-electron chi connectivity index (χ0n) is 10.7. The number of ether oxygens (including phenoxy) is 1. The molecule has 0 heterocycles. The second-order valence-corrected chi connectivity index (χ2v) is 4.65. The maximum absolute atomic E-state index is 9.75. The first-order chi connectivity index (χ1) is 7.20. The number of aliphatic hydroxyl groups is 1. The lowest BCUT2D eigenvalue weighted by molar-refractivity contribution is 0.0948. The van der Waals surface area contributed by atoms with Crippen molar-refractivity contribution in [3.05, 3.63) is 0 Å². The molecular weight excluding hydrogens is 188 g/mol. The maximum atomic E-state index is 9.75. The molecule has 0 saturated carbocycles. The van der Waals surface area contributed by atoms with Crippen molar-refractivity contribution < 1.29 is 9.84 Å². The van der Waals surface area contributed by atoms with Crippen molar-refractivity contribution in [2.75, 3.05) is 13.7 Å². The molecule has 2 atom stereocenters. The molecule has 0 fully saturated rings. The molecule has 0 bridgehead atoms. The Hall–Kier alpha value is -0.0800. The normalized spacial score (nSPS) is 15.2. The van der Waals surface area contributed by atoms with E-state index in [9.17, 15) is 5.11 Å². The van der Waals surface area contributed by atoms with Gasteiger partial charge in [-0.05, 0) is 18.8 Å². The van der Waals surface area contributed by atoms with Gasteiger partial charge in [-0.2, -0.15) is 0 Å². The standard InChI is InChI=1S/C13H28O2/c1-4-5-6-7-8-9-13(14)10-12(2)11-15-3/h12-14H,4-11H2,1-3H3. The first kappa shape index (κ1) is 14.9. The van der Waals surface area contributed by atoms with E-state index in [1.54, 1.807) is 7.11 Å². The van der Waals surface area contributed by atoms with E-state index in [1.165, 1.54) is 32.1 Å². The fourth-order valence-corrected chi connectivity index (χ4v) is 1.92. The summed E-state index contributed by atoms with van der Waals surface area (Å²) in [6.07, 6.45) is 8.07. The summed E-state index contributed by atoms with van der Waals surface area (Å²) in [6.45, 7) is 5.11. The topological polar surface area (TPSA) is 29.5 Å². The Labute approximate surface area is 95.0 Å². The van der Waals surface area contributed by atoms with Gasteiger partial charge in [0, 0.05) is 13.7 Å². The molecule has 0 saturated heterocycles. The number of hydrogen-bond acceptors (Lipinski definition) is 2. The van der Waals surface area contributed by atoms with Crippen molar-refractivity contribution in [1.29, 1.82) is 0 Å². The first-order valence-electron chi connectivity index (χ1n) is 6.37. The molecule has 0 aliphatic carbocycles. The fraction of sp³-hybridized carbons (Fsp3) is 1.00. The monoisotopic (exact) mass is 216 g/mol. The molecule has 2 nitrogen and oxygen atoms in total. The van der Waals surface area contributed by atoms with Gasteiger partial charge in [0.2, 0.25) is 0 Å². The molecule has 92 valence electrons. The lowest BCUT2D eigenvalue weighted by atomic mass is 10.00. The van der Waals surface area contributed by atoms with Crippen molar-refractivity contribution >= 4 is 0 Å². The molecule has 0 amide bonds. The highest BCUT2D eigenvalue weighted by Gasteiger charge is 2.09. The third-order valence-electron chi connectivity index (χ3n) is 2.77. The van der Waals surface area contributed by atoms with Gasteiger partial charge in [-0.3, -0.25) is 0 Å². The van der Waals surface area contributed by atoms with Crippen LogP contribution in [0.25, 0.3) is 0 Å². The Morgan fingerprint density at radius 2 is 1.80 bits per heavy atom. The van der Waals surface area contributed by atoms with Gasteiger partial charge in [-0.15, -0.1) is 0 Å². The Kier molecular flexibility index (Phi) is 10.4. The van der Waals surface area contributed by atoms with E-state index in [1.807, 2.05) is 0 Å². The van der Waals surface area contributed by atoms with Crippen molar-refractivity contribution in [1.82, 2.24) is 0 Å². The van der Waals surface area contributed by atoms with Crippen LogP contribution >= 0.6 is 0 Å². The van der Waals surface area contributed by atoms with Crippen molar-refractivity contribution in [2.24, 2.45) is 5.92 Å². The first-order valence-corrected chi connectivity index (χ1v) is 6.37. The van der Waals surface area contributed by atoms with E-state index in [0.29, 0.717) is 5.92 Å². The van der Waals surface area contributed by atoms with Crippen molar-refractivity contribution in [2.45, 2.75) is 64.9 Å². The molecule has 2 unspecified atom stereocenters. The number of aliphatic hydroxyl groups excluding tert-OH is 1. The predicted octanol–water partition coefficient (Wildman–Crippen LogP) is 3.38. The van der Waals surface area contributed by atoms with Crippen LogP contribution in [0, 0.1) is 5.92 Å². The lowest BCUT2D eigenvalue weighted by Crippen LogP contribution is -2.14. The van der Waals surface area contributed by atoms with Gasteiger partial charge < -0.3 is 9.84 Å². The van der Waals surface area contributed by atoms with Gasteiger partial charge in [0.15, 0.2) is 0 Å². The highest BCUT2D eigenvalue weighted by Crippen LogP contribution is 2.13. The maximum Gasteiger partial charge on any atom is 0.0543 e. The van der Waals surface area contributed by atoms with Crippen LogP contribution in [0.3, 0.4) is 0 Å². The lowest BCUT2D eigenvalue weighted by Gasteiger charge is -2.15. The highest BCUT2D eigenvalue weighted by atomic mass is 16.5. The summed E-state index contributed by atoms with van der Waals surface area (Å²) >= 11 is 0. The van der Waals surface area contributed by atoms with Crippen LogP contribution in [-0.4, -0.2) is 24.9 Å². The minimum absolute atomic E-state index is 0.128. The Bertz CT molecular complexity index is 126. The Balaban J connectivity index is 3.28. The Morgan fingerprint density at radius 1 is 1.13 bits per heavy atom. The minimum atomic E-state index is -0.128. The molecule has 0 aliphatic heterocycles. The van der Waals surface area contributed by atoms with E-state index in [-0.39, 0.29) is 6.10 Å². The molecule has 0 spiro atoms. The van der Waals surface area contributed by atoms with Crippen LogP contribution in [0.1, 0.15) is 58.8 Å². The summed E-state index contributed by atoms with van der Waals surface area (Å²) < 4.78 is 5.05. The summed E-state index contributed by atoms with van der Waals surface area (Å²) in [5.74, 6) is 0.473. The van der Waals surface area contributed by atoms with E-state index in [2.05, 4.69) is 13.8 Å². The summed E-state index contributed by atoms with van der Waals surface area (Å²) in [7, 11) is 1.72. The van der Waals surface area contributed by atoms with Crippen LogP contribution in [-0.2, 0) is 4.74 Å². The van der Waals surface area contributed by atoms with Crippen molar-refractivity contribution in [3.8, 4) is 0 Å². The second-order valence-electron chi connectivity index (χ2n) is 4.65. The molecule has 0 rings (SSSR count). The number of hydrogen-bond donors (Lipinski definition) is 1. The molecule has 1 N–H and O–H groups in total. The van der Waals surface area contributed by atoms with Gasteiger partial charge in [-0.25, -0.2) is 0 Å². The summed E-state index contributed by atoms with van der Waals surface area (Å²) in [6, 6.07) is 0. The summed E-state index contributed by atoms with van der Waals surface area (Å²) in [4.78, 5) is 0. The van der Waals surface area contributed by atoms with Gasteiger partial charge in [-0.1, -0.05) is 46.0 Å². The van der Waals surface area contributed by atoms with Gasteiger partial charge in [0.1, 0.15) is 0 Å². The highest BCUT2D eigenvalue weighted by molar-refractivity contribution is 4.61. The smallest absolute Gasteiger partial charge is 0.0543 e. The average Bonchev–Trinajstić information content (AvgIpc) is 2.17.